The molecule has 0 aliphatic heterocycles. The van der Waals surface area contributed by atoms with E-state index < -0.39 is 12.0 Å². The molecule has 1 aliphatic rings. The quantitative estimate of drug-likeness (QED) is 0.847. The van der Waals surface area contributed by atoms with E-state index in [0.29, 0.717) is 17.0 Å². The lowest BCUT2D eigenvalue weighted by atomic mass is 10.1. The number of carboxylic acid groups (broad SMARTS) is 1. The number of carboxylic acids is 1. The van der Waals surface area contributed by atoms with Gasteiger partial charge in [0.15, 0.2) is 6.04 Å². The van der Waals surface area contributed by atoms with Crippen LogP contribution in [-0.4, -0.2) is 28.4 Å². The summed E-state index contributed by atoms with van der Waals surface area (Å²) in [4.78, 5) is 23.7. The molecule has 1 aromatic carbocycles. The minimum absolute atomic E-state index is 0.0121. The van der Waals surface area contributed by atoms with Crippen molar-refractivity contribution in [3.05, 3.63) is 33.8 Å². The number of benzene rings is 1. The third-order valence-electron chi connectivity index (χ3n) is 2.88. The molecule has 0 bridgehead atoms. The van der Waals surface area contributed by atoms with Crippen LogP contribution in [0.4, 0.5) is 0 Å². The van der Waals surface area contributed by atoms with E-state index in [1.54, 1.807) is 6.07 Å². The summed E-state index contributed by atoms with van der Waals surface area (Å²) in [7, 11) is 0. The van der Waals surface area contributed by atoms with Gasteiger partial charge in [0, 0.05) is 6.04 Å². The van der Waals surface area contributed by atoms with Gasteiger partial charge in [-0.05, 0) is 30.5 Å². The first-order valence-electron chi connectivity index (χ1n) is 5.45. The summed E-state index contributed by atoms with van der Waals surface area (Å²) in [5, 5.41) is 9.92. The highest BCUT2D eigenvalue weighted by Crippen LogP contribution is 2.35. The molecule has 1 fully saturated rings. The Labute approximate surface area is 114 Å². The van der Waals surface area contributed by atoms with E-state index in [2.05, 4.69) is 0 Å². The molecule has 0 spiro atoms. The molecule has 0 heterocycles. The third kappa shape index (κ3) is 2.60. The molecule has 1 unspecified atom stereocenters. The maximum atomic E-state index is 11.4. The van der Waals surface area contributed by atoms with Crippen LogP contribution >= 0.6 is 23.2 Å². The average molecular weight is 288 g/mol. The zero-order valence-electron chi connectivity index (χ0n) is 9.35. The minimum atomic E-state index is -1.08. The molecule has 1 N–H and O–H groups in total. The number of hydrogen-bond acceptors (Lipinski definition) is 2. The molecule has 96 valence electrons. The Hall–Kier alpha value is -1.26. The molecular weight excluding hydrogens is 277 g/mol. The molecular formula is C12H11Cl2NO3. The largest absolute Gasteiger partial charge is 0.479 e. The van der Waals surface area contributed by atoms with Gasteiger partial charge in [-0.3, -0.25) is 4.79 Å². The minimum Gasteiger partial charge on any atom is -0.479 e. The lowest BCUT2D eigenvalue weighted by Crippen LogP contribution is -2.34. The predicted octanol–water partition coefficient (Wildman–Crippen LogP) is 2.74. The first-order valence-corrected chi connectivity index (χ1v) is 6.20. The van der Waals surface area contributed by atoms with E-state index in [9.17, 15) is 14.7 Å². The smallest absolute Gasteiger partial charge is 0.331 e. The number of halogens is 2. The maximum Gasteiger partial charge on any atom is 0.331 e. The van der Waals surface area contributed by atoms with Crippen molar-refractivity contribution >= 4 is 35.6 Å². The first kappa shape index (κ1) is 13.2. The van der Waals surface area contributed by atoms with Crippen LogP contribution in [0.25, 0.3) is 0 Å². The molecule has 6 heteroatoms. The number of carbonyl (C=O) groups excluding carboxylic acids is 1. The summed E-state index contributed by atoms with van der Waals surface area (Å²) in [5.74, 6) is -1.08. The molecule has 4 nitrogen and oxygen atoms in total. The van der Waals surface area contributed by atoms with E-state index in [0.717, 1.165) is 12.8 Å². The highest BCUT2D eigenvalue weighted by molar-refractivity contribution is 6.42. The van der Waals surface area contributed by atoms with Crippen LogP contribution in [0.15, 0.2) is 18.2 Å². The van der Waals surface area contributed by atoms with Crippen molar-refractivity contribution in [2.75, 3.05) is 0 Å². The van der Waals surface area contributed by atoms with E-state index in [1.807, 2.05) is 0 Å². The Morgan fingerprint density at radius 1 is 1.39 bits per heavy atom. The lowest BCUT2D eigenvalue weighted by molar-refractivity contribution is -0.147. The molecule has 1 saturated carbocycles. The van der Waals surface area contributed by atoms with Crippen molar-refractivity contribution in [2.45, 2.75) is 24.9 Å². The Balaban J connectivity index is 2.36. The van der Waals surface area contributed by atoms with Gasteiger partial charge in [-0.1, -0.05) is 29.3 Å². The molecule has 0 radical (unpaired) electrons. The summed E-state index contributed by atoms with van der Waals surface area (Å²) in [6.45, 7) is 0. The van der Waals surface area contributed by atoms with Gasteiger partial charge in [-0.2, -0.15) is 0 Å². The van der Waals surface area contributed by atoms with Crippen LogP contribution in [0, 0.1) is 0 Å². The molecule has 18 heavy (non-hydrogen) atoms. The molecule has 2 rings (SSSR count). The Morgan fingerprint density at radius 3 is 2.50 bits per heavy atom. The number of nitrogens with zero attached hydrogens (tertiary/aromatic N) is 1. The third-order valence-corrected chi connectivity index (χ3v) is 3.62. The van der Waals surface area contributed by atoms with Crippen LogP contribution in [0.3, 0.4) is 0 Å². The van der Waals surface area contributed by atoms with Crippen LogP contribution in [0.5, 0.6) is 0 Å². The standard InChI is InChI=1S/C12H11Cl2NO3/c13-9-4-1-7(5-10(9)14)11(12(17)18)15(6-16)8-2-3-8/h1,4-6,8,11H,2-3H2,(H,17,18). The van der Waals surface area contributed by atoms with Gasteiger partial charge in [-0.25, -0.2) is 4.79 Å². The van der Waals surface area contributed by atoms with Crippen molar-refractivity contribution in [1.82, 2.24) is 4.90 Å². The van der Waals surface area contributed by atoms with Gasteiger partial charge >= 0.3 is 5.97 Å². The van der Waals surface area contributed by atoms with Crippen LogP contribution in [0.2, 0.25) is 10.0 Å². The second-order valence-electron chi connectivity index (χ2n) is 4.20. The summed E-state index contributed by atoms with van der Waals surface area (Å²) < 4.78 is 0. The lowest BCUT2D eigenvalue weighted by Gasteiger charge is -2.25. The van der Waals surface area contributed by atoms with Gasteiger partial charge in [0.1, 0.15) is 0 Å². The second kappa shape index (κ2) is 5.16. The van der Waals surface area contributed by atoms with Crippen LogP contribution in [0.1, 0.15) is 24.4 Å². The van der Waals surface area contributed by atoms with Crippen molar-refractivity contribution in [3.63, 3.8) is 0 Å². The van der Waals surface area contributed by atoms with Gasteiger partial charge in [-0.15, -0.1) is 0 Å². The molecule has 1 aliphatic carbocycles. The van der Waals surface area contributed by atoms with Crippen LogP contribution in [-0.2, 0) is 9.59 Å². The topological polar surface area (TPSA) is 57.6 Å². The monoisotopic (exact) mass is 287 g/mol. The number of rotatable bonds is 5. The first-order chi connectivity index (χ1) is 8.54. The predicted molar refractivity (Wildman–Crippen MR) is 67.8 cm³/mol. The van der Waals surface area contributed by atoms with Crippen molar-refractivity contribution in [1.29, 1.82) is 0 Å². The fourth-order valence-corrected chi connectivity index (χ4v) is 2.16. The van der Waals surface area contributed by atoms with Crippen molar-refractivity contribution in [3.8, 4) is 0 Å². The summed E-state index contributed by atoms with van der Waals surface area (Å²) in [5.41, 5.74) is 0.455. The Kier molecular flexibility index (Phi) is 3.78. The van der Waals surface area contributed by atoms with Crippen molar-refractivity contribution in [2.24, 2.45) is 0 Å². The molecule has 1 amide bonds. The SMILES string of the molecule is O=CN(C1CC1)C(C(=O)O)c1ccc(Cl)c(Cl)c1. The Morgan fingerprint density at radius 2 is 2.06 bits per heavy atom. The normalized spacial score (nSPS) is 16.1. The average Bonchev–Trinajstić information content (AvgIpc) is 3.13. The number of aliphatic carboxylic acids is 1. The molecule has 1 atom stereocenters. The highest BCUT2D eigenvalue weighted by Gasteiger charge is 2.37. The highest BCUT2D eigenvalue weighted by atomic mass is 35.5. The van der Waals surface area contributed by atoms with Gasteiger partial charge in [0.25, 0.3) is 0 Å². The fourth-order valence-electron chi connectivity index (χ4n) is 1.86. The zero-order valence-corrected chi connectivity index (χ0v) is 10.9. The Bertz CT molecular complexity index is 488. The summed E-state index contributed by atoms with van der Waals surface area (Å²) in [6, 6.07) is 3.60. The van der Waals surface area contributed by atoms with E-state index in [1.165, 1.54) is 17.0 Å². The van der Waals surface area contributed by atoms with Gasteiger partial charge in [0.05, 0.1) is 10.0 Å². The van der Waals surface area contributed by atoms with E-state index >= 15 is 0 Å². The van der Waals surface area contributed by atoms with E-state index in [-0.39, 0.29) is 11.1 Å². The molecule has 0 aromatic heterocycles. The van der Waals surface area contributed by atoms with E-state index in [4.69, 9.17) is 23.2 Å². The summed E-state index contributed by atoms with van der Waals surface area (Å²) >= 11 is 11.7. The summed E-state index contributed by atoms with van der Waals surface area (Å²) in [6.07, 6.45) is 2.26. The maximum absolute atomic E-state index is 11.4. The van der Waals surface area contributed by atoms with Crippen molar-refractivity contribution < 1.29 is 14.7 Å². The fraction of sp³-hybridized carbons (Fsp3) is 0.333. The number of carbonyl (C=O) groups is 2. The zero-order chi connectivity index (χ0) is 13.3. The number of amides is 1. The second-order valence-corrected chi connectivity index (χ2v) is 5.01. The van der Waals surface area contributed by atoms with Crippen LogP contribution < -0.4 is 0 Å². The molecule has 0 saturated heterocycles. The molecule has 1 aromatic rings. The van der Waals surface area contributed by atoms with Gasteiger partial charge < -0.3 is 10.0 Å². The van der Waals surface area contributed by atoms with Gasteiger partial charge in [0.2, 0.25) is 6.41 Å². The number of hydrogen-bond donors (Lipinski definition) is 1.